The van der Waals surface area contributed by atoms with Gasteiger partial charge in [0.05, 0.1) is 0 Å². The number of likely N-dealkylation sites (tertiary alicyclic amines) is 1. The van der Waals surface area contributed by atoms with Crippen LogP contribution in [0.25, 0.3) is 0 Å². The van der Waals surface area contributed by atoms with Crippen LogP contribution in [0.15, 0.2) is 0 Å². The van der Waals surface area contributed by atoms with Crippen LogP contribution in [0.5, 0.6) is 0 Å². The molecule has 1 rings (SSSR count). The molecule has 2 atom stereocenters. The number of rotatable bonds is 4. The molecule has 1 saturated heterocycles. The predicted octanol–water partition coefficient (Wildman–Crippen LogP) is 1.89. The predicted molar refractivity (Wildman–Crippen MR) is 61.1 cm³/mol. The molecule has 1 aliphatic rings. The van der Waals surface area contributed by atoms with Gasteiger partial charge in [0.1, 0.15) is 6.61 Å². The van der Waals surface area contributed by atoms with E-state index in [0.29, 0.717) is 12.5 Å². The van der Waals surface area contributed by atoms with Gasteiger partial charge in [0.25, 0.3) is 0 Å². The zero-order valence-electron chi connectivity index (χ0n) is 9.54. The first kappa shape index (κ1) is 12.8. The summed E-state index contributed by atoms with van der Waals surface area (Å²) < 4.78 is 5.24. The Hall–Kier alpha value is -0.280. The number of alkyl halides is 1. The van der Waals surface area contributed by atoms with E-state index in [9.17, 15) is 4.79 Å². The van der Waals surface area contributed by atoms with Crippen molar-refractivity contribution >= 4 is 17.5 Å². The Kier molecular flexibility index (Phi) is 5.40. The summed E-state index contributed by atoms with van der Waals surface area (Å²) in [5, 5.41) is 0.214. The van der Waals surface area contributed by atoms with E-state index in [1.54, 1.807) is 0 Å². The lowest BCUT2D eigenvalue weighted by molar-refractivity contribution is -0.137. The highest BCUT2D eigenvalue weighted by molar-refractivity contribution is 6.20. The van der Waals surface area contributed by atoms with Crippen LogP contribution in [0.1, 0.15) is 26.7 Å². The maximum Gasteiger partial charge on any atom is 0.248 e. The Bertz CT molecular complexity index is 211. The number of halogens is 1. The largest absolute Gasteiger partial charge is 0.372 e. The van der Waals surface area contributed by atoms with Gasteiger partial charge in [-0.15, -0.1) is 11.6 Å². The van der Waals surface area contributed by atoms with E-state index >= 15 is 0 Å². The first-order valence-corrected chi connectivity index (χ1v) is 6.08. The van der Waals surface area contributed by atoms with E-state index in [2.05, 4.69) is 6.92 Å². The molecule has 0 aromatic heterocycles. The van der Waals surface area contributed by atoms with Crippen LogP contribution in [0.3, 0.4) is 0 Å². The summed E-state index contributed by atoms with van der Waals surface area (Å²) in [4.78, 5) is 13.5. The van der Waals surface area contributed by atoms with Gasteiger partial charge in [0.15, 0.2) is 0 Å². The van der Waals surface area contributed by atoms with Crippen molar-refractivity contribution in [2.45, 2.75) is 32.1 Å². The molecule has 1 heterocycles. The van der Waals surface area contributed by atoms with Crippen LogP contribution in [-0.2, 0) is 9.53 Å². The van der Waals surface area contributed by atoms with E-state index in [0.717, 1.165) is 25.9 Å². The molecule has 2 unspecified atom stereocenters. The monoisotopic (exact) mass is 233 g/mol. The third kappa shape index (κ3) is 3.99. The number of hydrogen-bond donors (Lipinski definition) is 0. The molecule has 88 valence electrons. The Balaban J connectivity index is 2.28. The van der Waals surface area contributed by atoms with Crippen molar-refractivity contribution in [3.05, 3.63) is 0 Å². The number of piperidine rings is 1. The standard InChI is InChI=1S/C11H20ClNO2/c1-3-6-15-8-11(14)13-5-4-10(12)9(2)7-13/h9-10H,3-8H2,1-2H3. The Morgan fingerprint density at radius 1 is 1.60 bits per heavy atom. The second-order valence-electron chi connectivity index (χ2n) is 4.17. The molecule has 1 amide bonds. The minimum atomic E-state index is 0.0962. The van der Waals surface area contributed by atoms with Crippen molar-refractivity contribution in [1.82, 2.24) is 4.90 Å². The lowest BCUT2D eigenvalue weighted by Gasteiger charge is -2.34. The first-order chi connectivity index (χ1) is 7.15. The summed E-state index contributed by atoms with van der Waals surface area (Å²) in [6.45, 7) is 6.53. The molecule has 15 heavy (non-hydrogen) atoms. The number of carbonyl (C=O) groups excluding carboxylic acids is 1. The highest BCUT2D eigenvalue weighted by Gasteiger charge is 2.26. The van der Waals surface area contributed by atoms with Crippen molar-refractivity contribution in [1.29, 1.82) is 0 Å². The van der Waals surface area contributed by atoms with Gasteiger partial charge in [0, 0.05) is 25.1 Å². The van der Waals surface area contributed by atoms with E-state index < -0.39 is 0 Å². The van der Waals surface area contributed by atoms with E-state index in [1.807, 2.05) is 11.8 Å². The molecule has 1 fully saturated rings. The molecule has 0 radical (unpaired) electrons. The lowest BCUT2D eigenvalue weighted by atomic mass is 10.00. The van der Waals surface area contributed by atoms with Crippen molar-refractivity contribution < 1.29 is 9.53 Å². The Morgan fingerprint density at radius 2 is 2.33 bits per heavy atom. The summed E-state index contributed by atoms with van der Waals surface area (Å²) in [5.74, 6) is 0.481. The van der Waals surface area contributed by atoms with E-state index in [-0.39, 0.29) is 17.9 Å². The van der Waals surface area contributed by atoms with Crippen LogP contribution >= 0.6 is 11.6 Å². The van der Waals surface area contributed by atoms with Crippen molar-refractivity contribution in [3.63, 3.8) is 0 Å². The molecular formula is C11H20ClNO2. The van der Waals surface area contributed by atoms with Gasteiger partial charge in [-0.3, -0.25) is 4.79 Å². The Labute approximate surface area is 96.7 Å². The first-order valence-electron chi connectivity index (χ1n) is 5.64. The summed E-state index contributed by atoms with van der Waals surface area (Å²) in [6.07, 6.45) is 1.84. The molecule has 0 aromatic rings. The summed E-state index contributed by atoms with van der Waals surface area (Å²) in [7, 11) is 0. The third-order valence-electron chi connectivity index (χ3n) is 2.73. The van der Waals surface area contributed by atoms with Gasteiger partial charge in [-0.2, -0.15) is 0 Å². The molecular weight excluding hydrogens is 214 g/mol. The summed E-state index contributed by atoms with van der Waals surface area (Å²) >= 11 is 6.09. The van der Waals surface area contributed by atoms with Crippen molar-refractivity contribution in [2.24, 2.45) is 5.92 Å². The van der Waals surface area contributed by atoms with Crippen LogP contribution in [0, 0.1) is 5.92 Å². The fourth-order valence-electron chi connectivity index (χ4n) is 1.74. The van der Waals surface area contributed by atoms with Crippen LogP contribution < -0.4 is 0 Å². The minimum absolute atomic E-state index is 0.0962. The maximum absolute atomic E-state index is 11.7. The fourth-order valence-corrected chi connectivity index (χ4v) is 1.92. The van der Waals surface area contributed by atoms with Crippen LogP contribution in [0.2, 0.25) is 0 Å². The van der Waals surface area contributed by atoms with Gasteiger partial charge in [-0.1, -0.05) is 13.8 Å². The summed E-state index contributed by atoms with van der Waals surface area (Å²) in [5.41, 5.74) is 0. The zero-order valence-corrected chi connectivity index (χ0v) is 10.3. The van der Waals surface area contributed by atoms with Crippen molar-refractivity contribution in [3.8, 4) is 0 Å². The van der Waals surface area contributed by atoms with Crippen molar-refractivity contribution in [2.75, 3.05) is 26.3 Å². The highest BCUT2D eigenvalue weighted by Crippen LogP contribution is 2.21. The lowest BCUT2D eigenvalue weighted by Crippen LogP contribution is -2.44. The number of hydrogen-bond acceptors (Lipinski definition) is 2. The molecule has 4 heteroatoms. The van der Waals surface area contributed by atoms with Crippen LogP contribution in [0.4, 0.5) is 0 Å². The molecule has 3 nitrogen and oxygen atoms in total. The number of nitrogens with zero attached hydrogens (tertiary/aromatic N) is 1. The third-order valence-corrected chi connectivity index (χ3v) is 3.38. The average Bonchev–Trinajstić information content (AvgIpc) is 2.22. The van der Waals surface area contributed by atoms with Crippen LogP contribution in [-0.4, -0.2) is 42.5 Å². The van der Waals surface area contributed by atoms with E-state index in [4.69, 9.17) is 16.3 Å². The minimum Gasteiger partial charge on any atom is -0.372 e. The second kappa shape index (κ2) is 6.33. The smallest absolute Gasteiger partial charge is 0.248 e. The zero-order chi connectivity index (χ0) is 11.3. The topological polar surface area (TPSA) is 29.5 Å². The molecule has 0 N–H and O–H groups in total. The number of ether oxygens (including phenoxy) is 1. The van der Waals surface area contributed by atoms with Gasteiger partial charge < -0.3 is 9.64 Å². The van der Waals surface area contributed by atoms with Gasteiger partial charge >= 0.3 is 0 Å². The molecule has 0 spiro atoms. The number of carbonyl (C=O) groups is 1. The van der Waals surface area contributed by atoms with E-state index in [1.165, 1.54) is 0 Å². The fraction of sp³-hybridized carbons (Fsp3) is 0.909. The maximum atomic E-state index is 11.7. The molecule has 0 aromatic carbocycles. The second-order valence-corrected chi connectivity index (χ2v) is 4.73. The van der Waals surface area contributed by atoms with Gasteiger partial charge in [0.2, 0.25) is 5.91 Å². The molecule has 0 saturated carbocycles. The average molecular weight is 234 g/mol. The van der Waals surface area contributed by atoms with Gasteiger partial charge in [-0.25, -0.2) is 0 Å². The van der Waals surface area contributed by atoms with Gasteiger partial charge in [-0.05, 0) is 18.8 Å². The number of amides is 1. The molecule has 0 aliphatic carbocycles. The molecule has 1 aliphatic heterocycles. The highest BCUT2D eigenvalue weighted by atomic mass is 35.5. The summed E-state index contributed by atoms with van der Waals surface area (Å²) in [6, 6.07) is 0. The quantitative estimate of drug-likeness (QED) is 0.548. The normalized spacial score (nSPS) is 26.7. The molecule has 0 bridgehead atoms. The Morgan fingerprint density at radius 3 is 2.93 bits per heavy atom. The SMILES string of the molecule is CCCOCC(=O)N1CCC(Cl)C(C)C1.